The Labute approximate surface area is 127 Å². The van der Waals surface area contributed by atoms with Gasteiger partial charge >= 0.3 is 0 Å². The normalized spacial score (nSPS) is 10.8. The van der Waals surface area contributed by atoms with Crippen LogP contribution in [0.1, 0.15) is 11.3 Å². The zero-order chi connectivity index (χ0) is 14.8. The number of methoxy groups -OCH3 is 1. The first-order valence-corrected chi connectivity index (χ1v) is 6.87. The minimum Gasteiger partial charge on any atom is -0.497 e. The average molecular weight is 300 g/mol. The molecule has 0 radical (unpaired) electrons. The fourth-order valence-corrected chi connectivity index (χ4v) is 2.36. The van der Waals surface area contributed by atoms with Crippen molar-refractivity contribution in [3.8, 4) is 5.75 Å². The third kappa shape index (κ3) is 2.62. The van der Waals surface area contributed by atoms with E-state index in [0.717, 1.165) is 28.0 Å². The van der Waals surface area contributed by atoms with Gasteiger partial charge in [-0.3, -0.25) is 0 Å². The van der Waals surface area contributed by atoms with Gasteiger partial charge in [0.25, 0.3) is 0 Å². The van der Waals surface area contributed by atoms with Crippen LogP contribution in [0, 0.1) is 0 Å². The lowest BCUT2D eigenvalue weighted by atomic mass is 10.2. The summed E-state index contributed by atoms with van der Waals surface area (Å²) in [5, 5.41) is 5.93. The number of pyridine rings is 1. The van der Waals surface area contributed by atoms with E-state index in [-0.39, 0.29) is 0 Å². The first-order valence-electron chi connectivity index (χ1n) is 6.49. The maximum Gasteiger partial charge on any atom is 0.160 e. The molecule has 3 rings (SSSR count). The number of fused-ring (bicyclic) bond motifs is 1. The maximum absolute atomic E-state index is 5.99. The number of hydrogen-bond donors (Lipinski definition) is 0. The molecule has 0 saturated heterocycles. The van der Waals surface area contributed by atoms with Crippen molar-refractivity contribution in [3.05, 3.63) is 59.4 Å². The van der Waals surface area contributed by atoms with Crippen molar-refractivity contribution in [1.82, 2.24) is 14.8 Å². The van der Waals surface area contributed by atoms with Crippen molar-refractivity contribution < 1.29 is 4.74 Å². The second-order valence-electron chi connectivity index (χ2n) is 4.60. The summed E-state index contributed by atoms with van der Waals surface area (Å²) >= 11 is 5.99. The van der Waals surface area contributed by atoms with Gasteiger partial charge in [-0.05, 0) is 35.9 Å². The molecule has 0 atom stereocenters. The van der Waals surface area contributed by atoms with Crippen LogP contribution in [0.5, 0.6) is 5.75 Å². The molecule has 0 spiro atoms. The predicted molar refractivity (Wildman–Crippen MR) is 84.7 cm³/mol. The lowest BCUT2D eigenvalue weighted by Gasteiger charge is -2.05. The lowest BCUT2D eigenvalue weighted by molar-refractivity contribution is 0.414. The molecule has 0 amide bonds. The molecule has 4 nitrogen and oxygen atoms in total. The van der Waals surface area contributed by atoms with Crippen LogP contribution >= 0.6 is 11.6 Å². The van der Waals surface area contributed by atoms with Gasteiger partial charge < -0.3 is 4.74 Å². The van der Waals surface area contributed by atoms with Gasteiger partial charge in [0.15, 0.2) is 5.65 Å². The van der Waals surface area contributed by atoms with Crippen LogP contribution in [0.2, 0.25) is 5.15 Å². The van der Waals surface area contributed by atoms with Gasteiger partial charge in [0.2, 0.25) is 0 Å². The van der Waals surface area contributed by atoms with E-state index >= 15 is 0 Å². The minimum atomic E-state index is 0.453. The maximum atomic E-state index is 5.99. The van der Waals surface area contributed by atoms with Gasteiger partial charge in [-0.2, -0.15) is 5.10 Å². The van der Waals surface area contributed by atoms with Crippen molar-refractivity contribution in [3.63, 3.8) is 0 Å². The van der Waals surface area contributed by atoms with Crippen LogP contribution in [0.15, 0.2) is 43.0 Å². The monoisotopic (exact) mass is 299 g/mol. The Morgan fingerprint density at radius 3 is 2.67 bits per heavy atom. The molecule has 5 heteroatoms. The van der Waals surface area contributed by atoms with E-state index < -0.39 is 0 Å². The smallest absolute Gasteiger partial charge is 0.160 e. The molecule has 0 saturated carbocycles. The molecular formula is C16H14ClN3O. The molecule has 0 aliphatic rings. The van der Waals surface area contributed by atoms with Crippen LogP contribution in [0.3, 0.4) is 0 Å². The highest BCUT2D eigenvalue weighted by Gasteiger charge is 2.10. The van der Waals surface area contributed by atoms with Gasteiger partial charge in [0.1, 0.15) is 10.9 Å². The molecule has 2 heterocycles. The predicted octanol–water partition coefficient (Wildman–Crippen LogP) is 3.78. The van der Waals surface area contributed by atoms with Crippen LogP contribution in [-0.2, 0) is 6.54 Å². The molecule has 0 aliphatic carbocycles. The van der Waals surface area contributed by atoms with Gasteiger partial charge in [-0.1, -0.05) is 30.3 Å². The fourth-order valence-electron chi connectivity index (χ4n) is 2.22. The van der Waals surface area contributed by atoms with Gasteiger partial charge in [-0.15, -0.1) is 0 Å². The number of aromatic nitrogens is 3. The number of hydrogen-bond acceptors (Lipinski definition) is 3. The minimum absolute atomic E-state index is 0.453. The van der Waals surface area contributed by atoms with Crippen molar-refractivity contribution >= 4 is 28.7 Å². The molecule has 3 aromatic rings. The van der Waals surface area contributed by atoms with E-state index in [1.54, 1.807) is 19.3 Å². The van der Waals surface area contributed by atoms with E-state index in [9.17, 15) is 0 Å². The van der Waals surface area contributed by atoms with Crippen molar-refractivity contribution in [2.45, 2.75) is 6.54 Å². The summed E-state index contributed by atoms with van der Waals surface area (Å²) in [5.74, 6) is 0.831. The van der Waals surface area contributed by atoms with E-state index in [2.05, 4.69) is 16.7 Å². The second-order valence-corrected chi connectivity index (χ2v) is 4.99. The SMILES string of the molecule is C=Cc1nn(Cc2ccc(OC)cc2)c2nc(Cl)ccc12. The van der Waals surface area contributed by atoms with E-state index in [1.807, 2.05) is 35.0 Å². The molecule has 1 aromatic carbocycles. The Balaban J connectivity index is 2.02. The Morgan fingerprint density at radius 1 is 1.24 bits per heavy atom. The first-order chi connectivity index (χ1) is 10.2. The molecule has 0 aliphatic heterocycles. The van der Waals surface area contributed by atoms with Crippen LogP contribution in [-0.4, -0.2) is 21.9 Å². The van der Waals surface area contributed by atoms with Crippen molar-refractivity contribution in [2.24, 2.45) is 0 Å². The molecule has 106 valence electrons. The summed E-state index contributed by atoms with van der Waals surface area (Å²) in [6, 6.07) is 11.5. The van der Waals surface area contributed by atoms with Crippen LogP contribution in [0.25, 0.3) is 17.1 Å². The zero-order valence-corrected chi connectivity index (χ0v) is 12.3. The van der Waals surface area contributed by atoms with E-state index in [0.29, 0.717) is 11.7 Å². The molecule has 0 N–H and O–H groups in total. The van der Waals surface area contributed by atoms with E-state index in [4.69, 9.17) is 16.3 Å². The third-order valence-electron chi connectivity index (χ3n) is 3.27. The standard InChI is InChI=1S/C16H14ClN3O/c1-3-14-13-8-9-15(17)18-16(13)20(19-14)10-11-4-6-12(21-2)7-5-11/h3-9H,1,10H2,2H3. The van der Waals surface area contributed by atoms with Gasteiger partial charge in [0.05, 0.1) is 19.3 Å². The number of benzene rings is 1. The number of halogens is 1. The molecule has 0 unspecified atom stereocenters. The molecule has 0 bridgehead atoms. The zero-order valence-electron chi connectivity index (χ0n) is 11.6. The molecule has 0 fully saturated rings. The highest BCUT2D eigenvalue weighted by Crippen LogP contribution is 2.21. The fraction of sp³-hybridized carbons (Fsp3) is 0.125. The molecular weight excluding hydrogens is 286 g/mol. The summed E-state index contributed by atoms with van der Waals surface area (Å²) in [6.07, 6.45) is 1.72. The topological polar surface area (TPSA) is 39.9 Å². The van der Waals surface area contributed by atoms with E-state index in [1.165, 1.54) is 0 Å². The summed E-state index contributed by atoms with van der Waals surface area (Å²) in [4.78, 5) is 4.37. The summed E-state index contributed by atoms with van der Waals surface area (Å²) in [7, 11) is 1.65. The van der Waals surface area contributed by atoms with Crippen LogP contribution in [0.4, 0.5) is 0 Å². The van der Waals surface area contributed by atoms with Crippen molar-refractivity contribution in [1.29, 1.82) is 0 Å². The third-order valence-corrected chi connectivity index (χ3v) is 3.49. The molecule has 2 aromatic heterocycles. The first kappa shape index (κ1) is 13.6. The highest BCUT2D eigenvalue weighted by atomic mass is 35.5. The summed E-state index contributed by atoms with van der Waals surface area (Å²) < 4.78 is 6.99. The summed E-state index contributed by atoms with van der Waals surface area (Å²) in [6.45, 7) is 4.41. The number of ether oxygens (including phenoxy) is 1. The largest absolute Gasteiger partial charge is 0.497 e. The summed E-state index contributed by atoms with van der Waals surface area (Å²) in [5.41, 5.74) is 2.67. The Hall–Kier alpha value is -2.33. The average Bonchev–Trinajstić information content (AvgIpc) is 2.85. The van der Waals surface area contributed by atoms with Gasteiger partial charge in [0, 0.05) is 5.39 Å². The van der Waals surface area contributed by atoms with Crippen molar-refractivity contribution in [2.75, 3.05) is 7.11 Å². The van der Waals surface area contributed by atoms with Crippen LogP contribution < -0.4 is 4.74 Å². The Kier molecular flexibility index (Phi) is 3.62. The Morgan fingerprint density at radius 2 is 2.00 bits per heavy atom. The Bertz CT molecular complexity index is 793. The quantitative estimate of drug-likeness (QED) is 0.688. The second kappa shape index (κ2) is 5.58. The lowest BCUT2D eigenvalue weighted by Crippen LogP contribution is -2.03. The number of nitrogens with zero attached hydrogens (tertiary/aromatic N) is 3. The molecule has 21 heavy (non-hydrogen) atoms. The highest BCUT2D eigenvalue weighted by molar-refractivity contribution is 6.29. The van der Waals surface area contributed by atoms with Gasteiger partial charge in [-0.25, -0.2) is 9.67 Å². The number of rotatable bonds is 4.